The number of nitrogens with zero attached hydrogens (tertiary/aromatic N) is 3. The molecule has 1 aliphatic carbocycles. The van der Waals surface area contributed by atoms with Crippen LogP contribution in [0.3, 0.4) is 0 Å². The van der Waals surface area contributed by atoms with Gasteiger partial charge in [-0.15, -0.1) is 10.2 Å². The summed E-state index contributed by atoms with van der Waals surface area (Å²) in [5.41, 5.74) is 3.97. The first-order chi connectivity index (χ1) is 14.0. The third-order valence-corrected chi connectivity index (χ3v) is 6.12. The van der Waals surface area contributed by atoms with Gasteiger partial charge in [0.15, 0.2) is 5.82 Å². The van der Waals surface area contributed by atoms with Crippen molar-refractivity contribution in [1.29, 1.82) is 0 Å². The van der Waals surface area contributed by atoms with E-state index in [-0.39, 0.29) is 18.1 Å². The number of thioether (sulfide) groups is 1. The maximum atomic E-state index is 13.9. The average molecular weight is 412 g/mol. The van der Waals surface area contributed by atoms with Crippen LogP contribution in [-0.2, 0) is 24.1 Å². The fourth-order valence-electron chi connectivity index (χ4n) is 3.43. The van der Waals surface area contributed by atoms with Crippen LogP contribution in [0, 0.1) is 5.82 Å². The number of anilines is 1. The van der Waals surface area contributed by atoms with E-state index in [1.165, 1.54) is 40.1 Å². The van der Waals surface area contributed by atoms with Gasteiger partial charge in [-0.25, -0.2) is 9.07 Å². The number of nitrogens with two attached hydrogens (primary N) is 1. The van der Waals surface area contributed by atoms with Crippen LogP contribution in [0.4, 0.5) is 10.1 Å². The highest BCUT2D eigenvalue weighted by atomic mass is 32.2. The van der Waals surface area contributed by atoms with Crippen LogP contribution in [-0.4, -0.2) is 26.0 Å². The van der Waals surface area contributed by atoms with Crippen molar-refractivity contribution in [2.24, 2.45) is 0 Å². The molecule has 1 aliphatic rings. The number of aromatic nitrogens is 3. The highest BCUT2D eigenvalue weighted by Crippen LogP contribution is 2.26. The van der Waals surface area contributed by atoms with Gasteiger partial charge in [-0.05, 0) is 61.1 Å². The number of aryl methyl sites for hydroxylation is 2. The van der Waals surface area contributed by atoms with E-state index in [9.17, 15) is 9.18 Å². The van der Waals surface area contributed by atoms with Gasteiger partial charge in [-0.1, -0.05) is 36.0 Å². The molecule has 6 nitrogen and oxygen atoms in total. The number of nitrogens with one attached hydrogen (secondary N) is 1. The minimum Gasteiger partial charge on any atom is -0.336 e. The Morgan fingerprint density at radius 3 is 2.86 bits per heavy atom. The first kappa shape index (κ1) is 19.4. The smallest absolute Gasteiger partial charge is 0.237 e. The Hall–Kier alpha value is -2.87. The van der Waals surface area contributed by atoms with Gasteiger partial charge in [-0.3, -0.25) is 4.79 Å². The van der Waals surface area contributed by atoms with Crippen LogP contribution in [0.1, 0.15) is 35.9 Å². The third kappa shape index (κ3) is 4.27. The van der Waals surface area contributed by atoms with E-state index in [1.54, 1.807) is 25.1 Å². The summed E-state index contributed by atoms with van der Waals surface area (Å²) in [4.78, 5) is 12.6. The molecule has 1 amide bonds. The molecule has 0 bridgehead atoms. The zero-order valence-corrected chi connectivity index (χ0v) is 16.9. The van der Waals surface area contributed by atoms with Gasteiger partial charge in [0, 0.05) is 12.1 Å². The second-order valence-electron chi connectivity index (χ2n) is 7.12. The number of carbonyl (C=O) groups is 1. The highest BCUT2D eigenvalue weighted by molar-refractivity contribution is 8.00. The molecule has 29 heavy (non-hydrogen) atoms. The van der Waals surface area contributed by atoms with Crippen molar-refractivity contribution in [3.63, 3.8) is 0 Å². The molecule has 8 heteroatoms. The van der Waals surface area contributed by atoms with Crippen LogP contribution in [0.5, 0.6) is 0 Å². The molecule has 3 N–H and O–H groups in total. The Kier molecular flexibility index (Phi) is 5.53. The Labute approximate surface area is 172 Å². The largest absolute Gasteiger partial charge is 0.336 e. The Morgan fingerprint density at radius 2 is 2.03 bits per heavy atom. The Balaban J connectivity index is 1.40. The number of nitrogen functional groups attached to an aromatic ring is 1. The molecule has 150 valence electrons. The lowest BCUT2D eigenvalue weighted by Gasteiger charge is -2.12. The predicted octanol–water partition coefficient (Wildman–Crippen LogP) is 3.33. The molecule has 0 aliphatic heterocycles. The summed E-state index contributed by atoms with van der Waals surface area (Å²) >= 11 is 1.22. The molecule has 1 heterocycles. The van der Waals surface area contributed by atoms with E-state index < -0.39 is 5.25 Å². The number of hydrogen-bond acceptors (Lipinski definition) is 5. The maximum Gasteiger partial charge on any atom is 0.237 e. The van der Waals surface area contributed by atoms with Crippen molar-refractivity contribution in [2.45, 2.75) is 43.0 Å². The number of fused-ring (bicyclic) bond motifs is 1. The summed E-state index contributed by atoms with van der Waals surface area (Å²) in [6.45, 7) is 1.79. The number of hydrogen-bond donors (Lipinski definition) is 2. The van der Waals surface area contributed by atoms with Crippen LogP contribution in [0.15, 0.2) is 47.6 Å². The van der Waals surface area contributed by atoms with Crippen molar-refractivity contribution < 1.29 is 9.18 Å². The quantitative estimate of drug-likeness (QED) is 0.480. The van der Waals surface area contributed by atoms with Gasteiger partial charge >= 0.3 is 0 Å². The number of rotatable bonds is 6. The molecule has 0 unspecified atom stereocenters. The van der Waals surface area contributed by atoms with E-state index in [2.05, 4.69) is 27.6 Å². The third-order valence-electron chi connectivity index (χ3n) is 5.06. The molecule has 4 rings (SSSR count). The van der Waals surface area contributed by atoms with E-state index in [0.29, 0.717) is 16.5 Å². The zero-order valence-electron chi connectivity index (χ0n) is 16.1. The minimum absolute atomic E-state index is 0.133. The van der Waals surface area contributed by atoms with E-state index >= 15 is 0 Å². The maximum absolute atomic E-state index is 13.9. The van der Waals surface area contributed by atoms with E-state index in [0.717, 1.165) is 18.5 Å². The molecule has 2 aromatic carbocycles. The standard InChI is InChI=1S/C21H22FN5OS/c1-13(20(28)24-17-10-9-14-6-4-7-15(14)11-17)29-21-26-25-19(27(21)23)12-16-5-2-3-8-18(16)22/h2-3,5,8-11,13H,4,6-7,12,23H2,1H3,(H,24,28)/t13-/m1/s1. The van der Waals surface area contributed by atoms with Crippen LogP contribution in [0.2, 0.25) is 0 Å². The van der Waals surface area contributed by atoms with Crippen LogP contribution >= 0.6 is 11.8 Å². The molecule has 3 aromatic rings. The van der Waals surface area contributed by atoms with Crippen LogP contribution < -0.4 is 11.2 Å². The van der Waals surface area contributed by atoms with Crippen molar-refractivity contribution >= 4 is 23.4 Å². The summed E-state index contributed by atoms with van der Waals surface area (Å²) in [7, 11) is 0. The highest BCUT2D eigenvalue weighted by Gasteiger charge is 2.21. The van der Waals surface area contributed by atoms with Crippen molar-refractivity contribution in [3.05, 3.63) is 70.8 Å². The van der Waals surface area contributed by atoms with Gasteiger partial charge < -0.3 is 11.2 Å². The SMILES string of the molecule is C[C@@H](Sc1nnc(Cc2ccccc2F)n1N)C(=O)Nc1ccc2c(c1)CCC2. The molecule has 0 fully saturated rings. The summed E-state index contributed by atoms with van der Waals surface area (Å²) in [6.07, 6.45) is 3.56. The van der Waals surface area contributed by atoms with E-state index in [1.807, 2.05) is 6.07 Å². The number of halogens is 1. The second kappa shape index (κ2) is 8.24. The summed E-state index contributed by atoms with van der Waals surface area (Å²) in [6, 6.07) is 12.6. The second-order valence-corrected chi connectivity index (χ2v) is 8.43. The summed E-state index contributed by atoms with van der Waals surface area (Å²) < 4.78 is 15.2. The molecule has 0 spiro atoms. The number of benzene rings is 2. The minimum atomic E-state index is -0.420. The lowest BCUT2D eigenvalue weighted by atomic mass is 10.1. The molecule has 0 saturated carbocycles. The molecular weight excluding hydrogens is 389 g/mol. The van der Waals surface area contributed by atoms with Gasteiger partial charge in [0.05, 0.1) is 5.25 Å². The first-order valence-corrected chi connectivity index (χ1v) is 10.4. The molecule has 1 aromatic heterocycles. The fourth-order valence-corrected chi connectivity index (χ4v) is 4.21. The number of amides is 1. The summed E-state index contributed by atoms with van der Waals surface area (Å²) in [5.74, 6) is 6.07. The van der Waals surface area contributed by atoms with Crippen LogP contribution in [0.25, 0.3) is 0 Å². The normalized spacial score (nSPS) is 13.9. The Bertz CT molecular complexity index is 1050. The summed E-state index contributed by atoms with van der Waals surface area (Å²) in [5, 5.41) is 11.1. The van der Waals surface area contributed by atoms with Gasteiger partial charge in [-0.2, -0.15) is 0 Å². The molecule has 0 radical (unpaired) electrons. The molecule has 1 atom stereocenters. The van der Waals surface area contributed by atoms with Gasteiger partial charge in [0.2, 0.25) is 11.1 Å². The van der Waals surface area contributed by atoms with Crippen molar-refractivity contribution in [2.75, 3.05) is 11.2 Å². The molecular formula is C21H22FN5OS. The first-order valence-electron chi connectivity index (χ1n) is 9.53. The van der Waals surface area contributed by atoms with Crippen molar-refractivity contribution in [1.82, 2.24) is 14.9 Å². The predicted molar refractivity (Wildman–Crippen MR) is 112 cm³/mol. The molecule has 0 saturated heterocycles. The van der Waals surface area contributed by atoms with Gasteiger partial charge in [0.1, 0.15) is 5.82 Å². The van der Waals surface area contributed by atoms with E-state index in [4.69, 9.17) is 5.84 Å². The van der Waals surface area contributed by atoms with Crippen molar-refractivity contribution in [3.8, 4) is 0 Å². The fraction of sp³-hybridized carbons (Fsp3) is 0.286. The average Bonchev–Trinajstić information content (AvgIpc) is 3.31. The van der Waals surface area contributed by atoms with Gasteiger partial charge in [0.25, 0.3) is 0 Å². The number of carbonyl (C=O) groups excluding carboxylic acids is 1. The monoisotopic (exact) mass is 411 g/mol. The zero-order chi connectivity index (χ0) is 20.4. The lowest BCUT2D eigenvalue weighted by molar-refractivity contribution is -0.115. The lowest BCUT2D eigenvalue weighted by Crippen LogP contribution is -2.24. The topological polar surface area (TPSA) is 85.8 Å². The Morgan fingerprint density at radius 1 is 1.24 bits per heavy atom.